The van der Waals surface area contributed by atoms with E-state index >= 15 is 0 Å². The number of aliphatic carboxylic acids is 1. The Labute approximate surface area is 129 Å². The summed E-state index contributed by atoms with van der Waals surface area (Å²) in [4.78, 5) is 74.7. The number of nitrogens with two attached hydrogens (primary N) is 1. The Morgan fingerprint density at radius 2 is 0.870 bits per heavy atom. The average Bonchev–Trinajstić information content (AvgIpc) is 2.07. The Balaban J connectivity index is -0.000000108. The summed E-state index contributed by atoms with van der Waals surface area (Å²) in [5.74, 6) is -0.910. The molecule has 1 atom stereocenters. The van der Waals surface area contributed by atoms with Gasteiger partial charge in [-0.15, -0.1) is 0 Å². The molecule has 0 saturated heterocycles. The molecule has 144 valence electrons. The molecule has 0 aromatic rings. The van der Waals surface area contributed by atoms with Crippen LogP contribution in [0.25, 0.3) is 0 Å². The molecule has 0 aliphatic carbocycles. The van der Waals surface area contributed by atoms with E-state index in [0.29, 0.717) is 0 Å². The van der Waals surface area contributed by atoms with E-state index in [4.69, 9.17) is 68.6 Å². The molecular weight excluding hydrogens is 391 g/mol. The van der Waals surface area contributed by atoms with Gasteiger partial charge in [0.15, 0.2) is 0 Å². The first-order valence-electron chi connectivity index (χ1n) is 4.89. The van der Waals surface area contributed by atoms with Crippen LogP contribution in [0.15, 0.2) is 0 Å². The number of carboxylic acid groups (broad SMARTS) is 1. The molecule has 0 fully saturated rings. The van der Waals surface area contributed by atoms with Gasteiger partial charge >= 0.3 is 29.4 Å². The van der Waals surface area contributed by atoms with Crippen molar-refractivity contribution in [3.63, 3.8) is 0 Å². The summed E-state index contributed by atoms with van der Waals surface area (Å²) in [6.45, 7) is 3.55. The summed E-state index contributed by atoms with van der Waals surface area (Å²) in [6, 6.07) is -0.713. The molecular formula is C5H20NO14P3. The lowest BCUT2D eigenvalue weighted by Gasteiger charge is -2.07. The number of phosphoric acid groups is 3. The van der Waals surface area contributed by atoms with Crippen molar-refractivity contribution in [3.8, 4) is 0 Å². The van der Waals surface area contributed by atoms with Crippen molar-refractivity contribution in [1.82, 2.24) is 0 Å². The fraction of sp³-hybridized carbons (Fsp3) is 0.800. The van der Waals surface area contributed by atoms with Gasteiger partial charge in [0, 0.05) is 0 Å². The predicted molar refractivity (Wildman–Crippen MR) is 73.2 cm³/mol. The van der Waals surface area contributed by atoms with Crippen LogP contribution in [0.5, 0.6) is 0 Å². The van der Waals surface area contributed by atoms with Crippen LogP contribution < -0.4 is 5.73 Å². The lowest BCUT2D eigenvalue weighted by molar-refractivity contribution is -0.139. The van der Waals surface area contributed by atoms with Gasteiger partial charge in [0.05, 0.1) is 0 Å². The average molecular weight is 411 g/mol. The van der Waals surface area contributed by atoms with Crippen molar-refractivity contribution in [2.75, 3.05) is 0 Å². The minimum atomic E-state index is -4.64. The molecule has 23 heavy (non-hydrogen) atoms. The first-order chi connectivity index (χ1) is 9.55. The molecule has 0 aliphatic rings. The number of carboxylic acids is 1. The van der Waals surface area contributed by atoms with E-state index in [0.717, 1.165) is 0 Å². The molecule has 0 spiro atoms. The van der Waals surface area contributed by atoms with Crippen LogP contribution >= 0.6 is 23.5 Å². The van der Waals surface area contributed by atoms with Gasteiger partial charge in [0.1, 0.15) is 6.04 Å². The summed E-state index contributed by atoms with van der Waals surface area (Å²) in [7, 11) is -13.9. The molecule has 0 aromatic heterocycles. The minimum Gasteiger partial charge on any atom is -0.480 e. The zero-order valence-electron chi connectivity index (χ0n) is 11.7. The van der Waals surface area contributed by atoms with Crippen LogP contribution in [0.1, 0.15) is 13.8 Å². The molecule has 0 aromatic carbocycles. The van der Waals surface area contributed by atoms with Crippen LogP contribution in [-0.4, -0.2) is 61.2 Å². The van der Waals surface area contributed by atoms with E-state index in [-0.39, 0.29) is 5.92 Å². The highest BCUT2D eigenvalue weighted by Crippen LogP contribution is 2.26. The molecule has 15 nitrogen and oxygen atoms in total. The summed E-state index contributed by atoms with van der Waals surface area (Å²) >= 11 is 0. The molecule has 0 rings (SSSR count). The molecule has 0 heterocycles. The summed E-state index contributed by atoms with van der Waals surface area (Å²) in [6.07, 6.45) is 0. The number of hydrogen-bond acceptors (Lipinski definition) is 5. The van der Waals surface area contributed by atoms with E-state index in [1.54, 1.807) is 13.8 Å². The first-order valence-corrected chi connectivity index (χ1v) is 9.58. The van der Waals surface area contributed by atoms with Crippen LogP contribution in [0.4, 0.5) is 0 Å². The SMILES string of the molecule is CC(C)[C@H](N)C(=O)O.O=P(O)(O)O.O=P(O)(O)O.O=P(O)(O)O. The van der Waals surface area contributed by atoms with Crippen molar-refractivity contribution in [2.45, 2.75) is 19.9 Å². The smallest absolute Gasteiger partial charge is 0.466 e. The van der Waals surface area contributed by atoms with Gasteiger partial charge in [0.25, 0.3) is 0 Å². The van der Waals surface area contributed by atoms with Crippen molar-refractivity contribution in [2.24, 2.45) is 11.7 Å². The van der Waals surface area contributed by atoms with Gasteiger partial charge in [-0.2, -0.15) is 0 Å². The second-order valence-electron chi connectivity index (χ2n) is 3.65. The van der Waals surface area contributed by atoms with Crippen LogP contribution in [0, 0.1) is 5.92 Å². The molecule has 0 bridgehead atoms. The number of hydrogen-bond donors (Lipinski definition) is 11. The van der Waals surface area contributed by atoms with E-state index in [1.807, 2.05) is 0 Å². The summed E-state index contributed by atoms with van der Waals surface area (Å²) in [5, 5.41) is 8.23. The third-order valence-electron chi connectivity index (χ3n) is 1.00. The molecule has 0 radical (unpaired) electrons. The monoisotopic (exact) mass is 411 g/mol. The largest absolute Gasteiger partial charge is 0.480 e. The van der Waals surface area contributed by atoms with Gasteiger partial charge in [-0.25, -0.2) is 13.7 Å². The van der Waals surface area contributed by atoms with E-state index < -0.39 is 35.5 Å². The second kappa shape index (κ2) is 13.1. The Morgan fingerprint density at radius 3 is 0.870 bits per heavy atom. The Kier molecular flexibility index (Phi) is 17.4. The van der Waals surface area contributed by atoms with Crippen molar-refractivity contribution >= 4 is 29.4 Å². The van der Waals surface area contributed by atoms with Gasteiger partial charge in [-0.05, 0) is 5.92 Å². The molecule has 12 N–H and O–H groups in total. The third-order valence-corrected chi connectivity index (χ3v) is 1.00. The standard InChI is InChI=1S/C5H11NO2.3H3O4P/c1-3(2)4(6)5(7)8;3*1-5(2,3)4/h3-4H,6H2,1-2H3,(H,7,8);3*(H3,1,2,3,4)/t4-;;;/m0.../s1. The van der Waals surface area contributed by atoms with Crippen LogP contribution in [0.3, 0.4) is 0 Å². The van der Waals surface area contributed by atoms with Gasteiger partial charge in [-0.3, -0.25) is 4.79 Å². The highest BCUT2D eigenvalue weighted by Gasteiger charge is 2.14. The summed E-state index contributed by atoms with van der Waals surface area (Å²) < 4.78 is 26.6. The normalized spacial score (nSPS) is 12.6. The molecule has 0 amide bonds. The number of rotatable bonds is 2. The van der Waals surface area contributed by atoms with Crippen LogP contribution in [-0.2, 0) is 18.5 Å². The third kappa shape index (κ3) is 141. The maximum Gasteiger partial charge on any atom is 0.466 e. The van der Waals surface area contributed by atoms with E-state index in [1.165, 1.54) is 0 Å². The second-order valence-corrected chi connectivity index (χ2v) is 6.73. The molecule has 0 unspecified atom stereocenters. The highest BCUT2D eigenvalue weighted by molar-refractivity contribution is 7.45. The minimum absolute atomic E-state index is 0.0208. The molecule has 0 aliphatic heterocycles. The Bertz CT molecular complexity index is 373. The fourth-order valence-corrected chi connectivity index (χ4v) is 0.285. The Hall–Kier alpha value is -0.240. The van der Waals surface area contributed by atoms with Gasteiger partial charge in [-0.1, -0.05) is 13.8 Å². The highest BCUT2D eigenvalue weighted by atomic mass is 31.2. The van der Waals surface area contributed by atoms with Crippen molar-refractivity contribution < 1.29 is 67.6 Å². The lowest BCUT2D eigenvalue weighted by Crippen LogP contribution is -2.34. The first kappa shape index (κ1) is 30.6. The molecule has 18 heteroatoms. The van der Waals surface area contributed by atoms with Gasteiger partial charge < -0.3 is 54.9 Å². The summed E-state index contributed by atoms with van der Waals surface area (Å²) in [5.41, 5.74) is 5.16. The van der Waals surface area contributed by atoms with Crippen LogP contribution in [0.2, 0.25) is 0 Å². The Morgan fingerprint density at radius 1 is 0.739 bits per heavy atom. The zero-order chi connectivity index (χ0) is 20.2. The maximum absolute atomic E-state index is 10.0. The number of carbonyl (C=O) groups is 1. The lowest BCUT2D eigenvalue weighted by atomic mass is 10.1. The van der Waals surface area contributed by atoms with E-state index in [9.17, 15) is 4.79 Å². The van der Waals surface area contributed by atoms with Crippen molar-refractivity contribution in [1.29, 1.82) is 0 Å². The topological polar surface area (TPSA) is 297 Å². The van der Waals surface area contributed by atoms with Crippen molar-refractivity contribution in [3.05, 3.63) is 0 Å². The molecule has 0 saturated carbocycles. The van der Waals surface area contributed by atoms with Gasteiger partial charge in [0.2, 0.25) is 0 Å². The zero-order valence-corrected chi connectivity index (χ0v) is 14.4. The quantitative estimate of drug-likeness (QED) is 0.205. The van der Waals surface area contributed by atoms with E-state index in [2.05, 4.69) is 0 Å². The predicted octanol–water partition coefficient (Wildman–Crippen LogP) is -2.73. The fourth-order valence-electron chi connectivity index (χ4n) is 0.285. The maximum atomic E-state index is 10.0.